The van der Waals surface area contributed by atoms with Gasteiger partial charge in [0.15, 0.2) is 0 Å². The van der Waals surface area contributed by atoms with Gasteiger partial charge in [-0.3, -0.25) is 0 Å². The Balaban J connectivity index is 1.95. The molecule has 2 aromatic carbocycles. The first kappa shape index (κ1) is 14.1. The summed E-state index contributed by atoms with van der Waals surface area (Å²) in [5.74, 6) is 0.950. The Morgan fingerprint density at radius 1 is 1.14 bits per heavy atom. The molecule has 21 heavy (non-hydrogen) atoms. The third-order valence-corrected chi connectivity index (χ3v) is 3.90. The molecule has 0 radical (unpaired) electrons. The fourth-order valence-electron chi connectivity index (χ4n) is 2.90. The van der Waals surface area contributed by atoms with Crippen LogP contribution >= 0.6 is 0 Å². The second kappa shape index (κ2) is 6.29. The predicted octanol–water partition coefficient (Wildman–Crippen LogP) is 3.40. The van der Waals surface area contributed by atoms with Gasteiger partial charge in [0.05, 0.1) is 12.6 Å². The Labute approximate surface area is 125 Å². The molecular weight excluding hydrogens is 262 g/mol. The molecule has 2 aromatic rings. The average molecular weight is 283 g/mol. The summed E-state index contributed by atoms with van der Waals surface area (Å²) in [4.78, 5) is 0. The van der Waals surface area contributed by atoms with Gasteiger partial charge in [0.2, 0.25) is 0 Å². The van der Waals surface area contributed by atoms with E-state index in [1.165, 1.54) is 5.56 Å². The maximum Gasteiger partial charge on any atom is 0.127 e. The van der Waals surface area contributed by atoms with Crippen molar-refractivity contribution in [1.29, 1.82) is 0 Å². The molecule has 110 valence electrons. The van der Waals surface area contributed by atoms with E-state index in [1.54, 1.807) is 0 Å². The Hall–Kier alpha value is -1.84. The second-order valence-electron chi connectivity index (χ2n) is 5.25. The van der Waals surface area contributed by atoms with Crippen LogP contribution in [0, 0.1) is 0 Å². The molecule has 3 nitrogen and oxygen atoms in total. The van der Waals surface area contributed by atoms with Gasteiger partial charge < -0.3 is 15.2 Å². The van der Waals surface area contributed by atoms with Gasteiger partial charge in [0.1, 0.15) is 11.9 Å². The van der Waals surface area contributed by atoms with Crippen molar-refractivity contribution in [3.63, 3.8) is 0 Å². The van der Waals surface area contributed by atoms with Gasteiger partial charge in [-0.1, -0.05) is 48.5 Å². The van der Waals surface area contributed by atoms with Crippen LogP contribution in [0.2, 0.25) is 0 Å². The zero-order valence-electron chi connectivity index (χ0n) is 12.3. The molecule has 0 amide bonds. The fourth-order valence-corrected chi connectivity index (χ4v) is 2.90. The van der Waals surface area contributed by atoms with Crippen molar-refractivity contribution in [2.75, 3.05) is 13.2 Å². The number of benzene rings is 2. The van der Waals surface area contributed by atoms with E-state index in [2.05, 4.69) is 24.3 Å². The molecule has 1 aliphatic rings. The third kappa shape index (κ3) is 2.80. The molecule has 0 spiro atoms. The van der Waals surface area contributed by atoms with Crippen molar-refractivity contribution >= 4 is 0 Å². The summed E-state index contributed by atoms with van der Waals surface area (Å²) in [6, 6.07) is 16.1. The Bertz CT molecular complexity index is 597. The van der Waals surface area contributed by atoms with E-state index >= 15 is 0 Å². The lowest BCUT2D eigenvalue weighted by Crippen LogP contribution is -2.23. The third-order valence-electron chi connectivity index (χ3n) is 3.90. The number of nitrogens with two attached hydrogens (primary N) is 1. The predicted molar refractivity (Wildman–Crippen MR) is 83.4 cm³/mol. The van der Waals surface area contributed by atoms with Crippen molar-refractivity contribution < 1.29 is 9.47 Å². The quantitative estimate of drug-likeness (QED) is 0.914. The molecule has 3 heteroatoms. The lowest BCUT2D eigenvalue weighted by Gasteiger charge is -2.25. The minimum atomic E-state index is -0.236. The lowest BCUT2D eigenvalue weighted by atomic mass is 9.94. The number of ether oxygens (including phenoxy) is 2. The fraction of sp³-hybridized carbons (Fsp3) is 0.333. The van der Waals surface area contributed by atoms with Crippen molar-refractivity contribution in [2.24, 2.45) is 5.73 Å². The standard InChI is InChI=1S/C18H21NO2/c1-2-20-18(13-7-4-3-5-8-13)16(19)15-10-6-9-14-11-12-21-17(14)15/h3-10,16,18H,2,11-12,19H2,1H3. The van der Waals surface area contributed by atoms with Crippen LogP contribution in [0.25, 0.3) is 0 Å². The molecule has 2 atom stereocenters. The normalized spacial score (nSPS) is 16.1. The number of hydrogen-bond acceptors (Lipinski definition) is 3. The molecule has 0 aromatic heterocycles. The highest BCUT2D eigenvalue weighted by Crippen LogP contribution is 2.38. The van der Waals surface area contributed by atoms with E-state index in [0.29, 0.717) is 6.61 Å². The van der Waals surface area contributed by atoms with Crippen LogP contribution in [0.15, 0.2) is 48.5 Å². The van der Waals surface area contributed by atoms with Crippen LogP contribution < -0.4 is 10.5 Å². The zero-order valence-corrected chi connectivity index (χ0v) is 12.3. The maximum atomic E-state index is 6.53. The topological polar surface area (TPSA) is 44.5 Å². The minimum Gasteiger partial charge on any atom is -0.493 e. The van der Waals surface area contributed by atoms with E-state index in [4.69, 9.17) is 15.2 Å². The van der Waals surface area contributed by atoms with Crippen molar-refractivity contribution in [3.8, 4) is 5.75 Å². The van der Waals surface area contributed by atoms with Gasteiger partial charge in [-0.25, -0.2) is 0 Å². The second-order valence-corrected chi connectivity index (χ2v) is 5.25. The molecule has 0 saturated heterocycles. The number of para-hydroxylation sites is 1. The van der Waals surface area contributed by atoms with E-state index in [-0.39, 0.29) is 12.1 Å². The maximum absolute atomic E-state index is 6.53. The first-order valence-corrected chi connectivity index (χ1v) is 7.48. The molecular formula is C18H21NO2. The van der Waals surface area contributed by atoms with Crippen LogP contribution in [0.4, 0.5) is 0 Å². The van der Waals surface area contributed by atoms with Gasteiger partial charge >= 0.3 is 0 Å². The minimum absolute atomic E-state index is 0.160. The first-order chi connectivity index (χ1) is 10.3. The summed E-state index contributed by atoms with van der Waals surface area (Å²) in [5.41, 5.74) is 9.90. The average Bonchev–Trinajstić information content (AvgIpc) is 3.01. The van der Waals surface area contributed by atoms with Gasteiger partial charge in [-0.2, -0.15) is 0 Å². The van der Waals surface area contributed by atoms with Crippen LogP contribution in [0.5, 0.6) is 5.75 Å². The summed E-state index contributed by atoms with van der Waals surface area (Å²) in [6.45, 7) is 3.36. The van der Waals surface area contributed by atoms with Gasteiger partial charge in [0.25, 0.3) is 0 Å². The number of rotatable bonds is 5. The lowest BCUT2D eigenvalue weighted by molar-refractivity contribution is 0.0423. The molecule has 2 N–H and O–H groups in total. The van der Waals surface area contributed by atoms with Crippen molar-refractivity contribution in [1.82, 2.24) is 0 Å². The Morgan fingerprint density at radius 2 is 1.95 bits per heavy atom. The SMILES string of the molecule is CCOC(c1ccccc1)C(N)c1cccc2c1OCC2. The molecule has 3 rings (SSSR count). The van der Waals surface area contributed by atoms with E-state index in [0.717, 1.165) is 29.9 Å². The van der Waals surface area contributed by atoms with Crippen LogP contribution in [-0.2, 0) is 11.2 Å². The Kier molecular flexibility index (Phi) is 4.23. The van der Waals surface area contributed by atoms with E-state index < -0.39 is 0 Å². The van der Waals surface area contributed by atoms with Crippen LogP contribution in [0.3, 0.4) is 0 Å². The summed E-state index contributed by atoms with van der Waals surface area (Å²) < 4.78 is 11.7. The number of fused-ring (bicyclic) bond motifs is 1. The monoisotopic (exact) mass is 283 g/mol. The van der Waals surface area contributed by atoms with E-state index in [1.807, 2.05) is 31.2 Å². The highest BCUT2D eigenvalue weighted by Gasteiger charge is 2.27. The van der Waals surface area contributed by atoms with Gasteiger partial charge in [0, 0.05) is 18.6 Å². The smallest absolute Gasteiger partial charge is 0.127 e. The largest absolute Gasteiger partial charge is 0.493 e. The molecule has 2 unspecified atom stereocenters. The van der Waals surface area contributed by atoms with Crippen LogP contribution in [0.1, 0.15) is 35.8 Å². The van der Waals surface area contributed by atoms with E-state index in [9.17, 15) is 0 Å². The van der Waals surface area contributed by atoms with Gasteiger partial charge in [-0.15, -0.1) is 0 Å². The molecule has 0 bridgehead atoms. The zero-order chi connectivity index (χ0) is 14.7. The van der Waals surface area contributed by atoms with Gasteiger partial charge in [-0.05, 0) is 18.1 Å². The summed E-state index contributed by atoms with van der Waals surface area (Å²) in [6.07, 6.45) is 0.799. The van der Waals surface area contributed by atoms with Crippen LogP contribution in [-0.4, -0.2) is 13.2 Å². The molecule has 0 saturated carbocycles. The molecule has 1 aliphatic heterocycles. The van der Waals surface area contributed by atoms with Crippen molar-refractivity contribution in [2.45, 2.75) is 25.5 Å². The Morgan fingerprint density at radius 3 is 2.71 bits per heavy atom. The number of hydrogen-bond donors (Lipinski definition) is 1. The molecule has 0 fully saturated rings. The summed E-state index contributed by atoms with van der Waals surface area (Å²) in [7, 11) is 0. The molecule has 0 aliphatic carbocycles. The summed E-state index contributed by atoms with van der Waals surface area (Å²) >= 11 is 0. The summed E-state index contributed by atoms with van der Waals surface area (Å²) in [5, 5.41) is 0. The molecule has 1 heterocycles. The van der Waals surface area contributed by atoms with Crippen molar-refractivity contribution in [3.05, 3.63) is 65.2 Å². The highest BCUT2D eigenvalue weighted by molar-refractivity contribution is 5.46. The first-order valence-electron chi connectivity index (χ1n) is 7.48. The highest BCUT2D eigenvalue weighted by atomic mass is 16.5.